The van der Waals surface area contributed by atoms with Crippen LogP contribution in [0.5, 0.6) is 0 Å². The average Bonchev–Trinajstić information content (AvgIpc) is 2.94. The first-order valence-corrected chi connectivity index (χ1v) is 7.29. The van der Waals surface area contributed by atoms with Crippen molar-refractivity contribution in [3.05, 3.63) is 53.9 Å². The van der Waals surface area contributed by atoms with Gasteiger partial charge in [-0.05, 0) is 11.0 Å². The number of hydrogen-bond donors (Lipinski definition) is 0. The summed E-state index contributed by atoms with van der Waals surface area (Å²) in [7, 11) is 1.98. The number of likely N-dealkylation sites (tertiary alicyclic amines) is 1. The fourth-order valence-corrected chi connectivity index (χ4v) is 3.43. The zero-order valence-electron chi connectivity index (χ0n) is 12.6. The maximum absolute atomic E-state index is 4.26. The van der Waals surface area contributed by atoms with Crippen molar-refractivity contribution in [1.29, 1.82) is 0 Å². The van der Waals surface area contributed by atoms with Crippen LogP contribution in [0.4, 0.5) is 0 Å². The highest BCUT2D eigenvalue weighted by Crippen LogP contribution is 2.42. The Morgan fingerprint density at radius 3 is 2.65 bits per heavy atom. The Hall–Kier alpha value is -1.61. The summed E-state index contributed by atoms with van der Waals surface area (Å²) in [6.45, 7) is 8.04. The molecule has 0 spiro atoms. The Labute approximate surface area is 121 Å². The number of aromatic nitrogens is 2. The summed E-state index contributed by atoms with van der Waals surface area (Å²) >= 11 is 0. The van der Waals surface area contributed by atoms with Crippen molar-refractivity contribution in [3.63, 3.8) is 0 Å². The Kier molecular flexibility index (Phi) is 3.38. The number of rotatable bonds is 3. The number of aryl methyl sites for hydroxylation is 1. The van der Waals surface area contributed by atoms with Gasteiger partial charge in [-0.1, -0.05) is 44.2 Å². The molecule has 1 aliphatic rings. The van der Waals surface area contributed by atoms with Gasteiger partial charge in [0.05, 0.1) is 6.20 Å². The standard InChI is InChI=1S/C17H23N3/c1-17(2)13-20(11-14-9-18-19(3)10-14)12-16(17)15-7-5-4-6-8-15/h4-10,16H,11-13H2,1-3H3/t16-/m1/s1. The van der Waals surface area contributed by atoms with Crippen LogP contribution in [-0.4, -0.2) is 27.8 Å². The molecule has 0 N–H and O–H groups in total. The molecule has 1 aliphatic heterocycles. The monoisotopic (exact) mass is 269 g/mol. The SMILES string of the molecule is Cn1cc(CN2C[C@H](c3ccccc3)C(C)(C)C2)cn1. The van der Waals surface area contributed by atoms with E-state index in [1.165, 1.54) is 11.1 Å². The van der Waals surface area contributed by atoms with Gasteiger partial charge < -0.3 is 0 Å². The summed E-state index contributed by atoms with van der Waals surface area (Å²) in [5.41, 5.74) is 3.09. The van der Waals surface area contributed by atoms with E-state index in [1.807, 2.05) is 17.9 Å². The van der Waals surface area contributed by atoms with Gasteiger partial charge in [-0.15, -0.1) is 0 Å². The van der Waals surface area contributed by atoms with Crippen molar-refractivity contribution in [2.45, 2.75) is 26.3 Å². The minimum absolute atomic E-state index is 0.323. The van der Waals surface area contributed by atoms with E-state index in [-0.39, 0.29) is 0 Å². The van der Waals surface area contributed by atoms with Crippen LogP contribution in [0.3, 0.4) is 0 Å². The van der Waals surface area contributed by atoms with E-state index in [1.54, 1.807) is 0 Å². The second kappa shape index (κ2) is 5.06. The van der Waals surface area contributed by atoms with Gasteiger partial charge in [-0.25, -0.2) is 0 Å². The molecule has 0 unspecified atom stereocenters. The van der Waals surface area contributed by atoms with E-state index in [2.05, 4.69) is 60.4 Å². The number of benzene rings is 1. The first-order valence-electron chi connectivity index (χ1n) is 7.29. The lowest BCUT2D eigenvalue weighted by Crippen LogP contribution is -2.23. The van der Waals surface area contributed by atoms with Crippen LogP contribution in [0.1, 0.15) is 30.9 Å². The molecule has 0 saturated carbocycles. The summed E-state index contributed by atoms with van der Waals surface area (Å²) in [6, 6.07) is 10.9. The predicted molar refractivity (Wildman–Crippen MR) is 81.4 cm³/mol. The third-order valence-corrected chi connectivity index (χ3v) is 4.38. The minimum Gasteiger partial charge on any atom is -0.298 e. The van der Waals surface area contributed by atoms with E-state index in [0.29, 0.717) is 11.3 Å². The van der Waals surface area contributed by atoms with Crippen molar-refractivity contribution in [1.82, 2.24) is 14.7 Å². The lowest BCUT2D eigenvalue weighted by Gasteiger charge is -2.26. The van der Waals surface area contributed by atoms with Crippen LogP contribution in [0, 0.1) is 5.41 Å². The molecule has 1 atom stereocenters. The Morgan fingerprint density at radius 2 is 2.00 bits per heavy atom. The van der Waals surface area contributed by atoms with Gasteiger partial charge in [0.25, 0.3) is 0 Å². The van der Waals surface area contributed by atoms with Crippen molar-refractivity contribution >= 4 is 0 Å². The van der Waals surface area contributed by atoms with Gasteiger partial charge in [-0.2, -0.15) is 5.10 Å². The average molecular weight is 269 g/mol. The second-order valence-corrected chi connectivity index (χ2v) is 6.64. The molecule has 2 heterocycles. The quantitative estimate of drug-likeness (QED) is 0.854. The third kappa shape index (κ3) is 2.63. The largest absolute Gasteiger partial charge is 0.298 e. The molecule has 106 valence electrons. The van der Waals surface area contributed by atoms with E-state index < -0.39 is 0 Å². The molecule has 2 aromatic rings. The molecule has 1 aromatic heterocycles. The minimum atomic E-state index is 0.323. The van der Waals surface area contributed by atoms with E-state index in [9.17, 15) is 0 Å². The van der Waals surface area contributed by atoms with Gasteiger partial charge in [0.1, 0.15) is 0 Å². The van der Waals surface area contributed by atoms with Crippen molar-refractivity contribution in [2.24, 2.45) is 12.5 Å². The van der Waals surface area contributed by atoms with Crippen molar-refractivity contribution in [2.75, 3.05) is 13.1 Å². The molecule has 0 aliphatic carbocycles. The van der Waals surface area contributed by atoms with Gasteiger partial charge in [0.2, 0.25) is 0 Å². The van der Waals surface area contributed by atoms with Gasteiger partial charge in [-0.3, -0.25) is 9.58 Å². The second-order valence-electron chi connectivity index (χ2n) is 6.64. The molecule has 1 fully saturated rings. The maximum Gasteiger partial charge on any atom is 0.0534 e. The molecule has 1 saturated heterocycles. The molecule has 3 rings (SSSR count). The predicted octanol–water partition coefficient (Wildman–Crippen LogP) is 3.05. The van der Waals surface area contributed by atoms with Gasteiger partial charge in [0, 0.05) is 44.4 Å². The summed E-state index contributed by atoms with van der Waals surface area (Å²) in [6.07, 6.45) is 4.09. The van der Waals surface area contributed by atoms with Crippen LogP contribution in [0.15, 0.2) is 42.7 Å². The lowest BCUT2D eigenvalue weighted by atomic mass is 9.78. The summed E-state index contributed by atoms with van der Waals surface area (Å²) < 4.78 is 1.88. The Morgan fingerprint density at radius 1 is 1.25 bits per heavy atom. The van der Waals surface area contributed by atoms with Crippen LogP contribution in [0.25, 0.3) is 0 Å². The smallest absolute Gasteiger partial charge is 0.0534 e. The Balaban J connectivity index is 1.75. The van der Waals surface area contributed by atoms with E-state index >= 15 is 0 Å². The molecule has 3 heteroatoms. The van der Waals surface area contributed by atoms with E-state index in [0.717, 1.165) is 19.6 Å². The first kappa shape index (κ1) is 13.4. The molecule has 20 heavy (non-hydrogen) atoms. The zero-order valence-corrected chi connectivity index (χ0v) is 12.6. The van der Waals surface area contributed by atoms with Crippen LogP contribution in [-0.2, 0) is 13.6 Å². The molecule has 0 bridgehead atoms. The molecule has 3 nitrogen and oxygen atoms in total. The maximum atomic E-state index is 4.26. The van der Waals surface area contributed by atoms with Crippen molar-refractivity contribution in [3.8, 4) is 0 Å². The first-order chi connectivity index (χ1) is 9.54. The highest BCUT2D eigenvalue weighted by Gasteiger charge is 2.39. The van der Waals surface area contributed by atoms with Crippen molar-refractivity contribution < 1.29 is 0 Å². The number of hydrogen-bond acceptors (Lipinski definition) is 2. The van der Waals surface area contributed by atoms with Crippen LogP contribution < -0.4 is 0 Å². The summed E-state index contributed by atoms with van der Waals surface area (Å²) in [5, 5.41) is 4.26. The molecule has 0 radical (unpaired) electrons. The molecule has 0 amide bonds. The summed E-state index contributed by atoms with van der Waals surface area (Å²) in [5.74, 6) is 0.611. The van der Waals surface area contributed by atoms with Gasteiger partial charge >= 0.3 is 0 Å². The Bertz CT molecular complexity index is 571. The lowest BCUT2D eigenvalue weighted by molar-refractivity contribution is 0.282. The number of nitrogens with zero attached hydrogens (tertiary/aromatic N) is 3. The highest BCUT2D eigenvalue weighted by molar-refractivity contribution is 5.24. The topological polar surface area (TPSA) is 21.1 Å². The summed E-state index contributed by atoms with van der Waals surface area (Å²) in [4.78, 5) is 2.55. The fraction of sp³-hybridized carbons (Fsp3) is 0.471. The normalized spacial score (nSPS) is 22.2. The molecular formula is C17H23N3. The molecular weight excluding hydrogens is 246 g/mol. The third-order valence-electron chi connectivity index (χ3n) is 4.38. The zero-order chi connectivity index (χ0) is 14.2. The van der Waals surface area contributed by atoms with E-state index in [4.69, 9.17) is 0 Å². The fourth-order valence-electron chi connectivity index (χ4n) is 3.43. The molecule has 1 aromatic carbocycles. The van der Waals surface area contributed by atoms with Crippen LogP contribution >= 0.6 is 0 Å². The highest BCUT2D eigenvalue weighted by atomic mass is 15.2. The van der Waals surface area contributed by atoms with Crippen LogP contribution in [0.2, 0.25) is 0 Å². The van der Waals surface area contributed by atoms with Gasteiger partial charge in [0.15, 0.2) is 0 Å².